The summed E-state index contributed by atoms with van der Waals surface area (Å²) in [6.07, 6.45) is 1.75. The number of carboxylic acids is 1. The second-order valence-electron chi connectivity index (χ2n) is 5.30. The number of hydrogen-bond donors (Lipinski definition) is 1. The van der Waals surface area contributed by atoms with Crippen LogP contribution in [-0.2, 0) is 9.59 Å². The van der Waals surface area contributed by atoms with Crippen molar-refractivity contribution in [3.05, 3.63) is 71.9 Å². The topological polar surface area (TPSA) is 70.0 Å². The van der Waals surface area contributed by atoms with E-state index >= 15 is 0 Å². The second kappa shape index (κ2) is 7.81. The van der Waals surface area contributed by atoms with Crippen LogP contribution >= 0.6 is 11.8 Å². The van der Waals surface area contributed by atoms with Crippen LogP contribution in [0.1, 0.15) is 12.0 Å². The van der Waals surface area contributed by atoms with Crippen molar-refractivity contribution in [2.24, 2.45) is 4.99 Å². The van der Waals surface area contributed by atoms with E-state index in [1.807, 2.05) is 60.7 Å². The number of thioether (sulfide) groups is 1. The molecule has 2 aromatic rings. The molecular weight excluding hydrogens is 336 g/mol. The molecule has 126 valence electrons. The van der Waals surface area contributed by atoms with Gasteiger partial charge in [0.25, 0.3) is 5.91 Å². The number of amides is 1. The fourth-order valence-electron chi connectivity index (χ4n) is 2.33. The average molecular weight is 352 g/mol. The van der Waals surface area contributed by atoms with E-state index in [1.165, 1.54) is 16.7 Å². The number of carboxylic acid groups (broad SMARTS) is 1. The molecule has 6 heteroatoms. The number of anilines is 1. The quantitative estimate of drug-likeness (QED) is 0.834. The van der Waals surface area contributed by atoms with Gasteiger partial charge in [0.15, 0.2) is 5.17 Å². The number of hydrogen-bond acceptors (Lipinski definition) is 4. The molecule has 0 unspecified atom stereocenters. The van der Waals surface area contributed by atoms with Crippen LogP contribution in [0.2, 0.25) is 0 Å². The van der Waals surface area contributed by atoms with E-state index in [1.54, 1.807) is 6.08 Å². The summed E-state index contributed by atoms with van der Waals surface area (Å²) in [6, 6.07) is 18.7. The molecule has 0 fully saturated rings. The Hall–Kier alpha value is -2.86. The molecule has 3 rings (SSSR count). The minimum absolute atomic E-state index is 0.0121. The number of para-hydroxylation sites is 1. The molecule has 1 aliphatic rings. The maximum Gasteiger partial charge on any atom is 0.304 e. The predicted molar refractivity (Wildman–Crippen MR) is 100 cm³/mol. The average Bonchev–Trinajstić information content (AvgIpc) is 2.92. The molecule has 2 aromatic carbocycles. The number of benzene rings is 2. The third kappa shape index (κ3) is 4.16. The molecule has 0 spiro atoms. The lowest BCUT2D eigenvalue weighted by molar-refractivity contribution is -0.136. The fourth-order valence-corrected chi connectivity index (χ4v) is 3.27. The Labute approximate surface area is 149 Å². The molecule has 1 aliphatic heterocycles. The molecule has 1 heterocycles. The molecule has 0 radical (unpaired) electrons. The number of carbonyl (C=O) groups excluding carboxylic acids is 1. The van der Waals surface area contributed by atoms with E-state index in [2.05, 4.69) is 4.99 Å². The monoisotopic (exact) mass is 352 g/mol. The minimum atomic E-state index is -0.872. The molecular formula is C19H16N2O3S. The maximum atomic E-state index is 12.8. The van der Waals surface area contributed by atoms with Crippen molar-refractivity contribution in [2.75, 3.05) is 10.7 Å². The summed E-state index contributed by atoms with van der Waals surface area (Å²) in [6.45, 7) is 0. The van der Waals surface area contributed by atoms with Crippen LogP contribution in [0.4, 0.5) is 5.69 Å². The lowest BCUT2D eigenvalue weighted by atomic mass is 10.2. The van der Waals surface area contributed by atoms with Crippen molar-refractivity contribution in [3.8, 4) is 0 Å². The van der Waals surface area contributed by atoms with Crippen LogP contribution in [0, 0.1) is 0 Å². The standard InChI is InChI=1S/C19H16N2O3S/c22-17(23)11-12-25-19-20-16(13-14-7-3-1-4-8-14)18(24)21(19)15-9-5-2-6-10-15/h1-10,13H,11-12H2,(H,22,23)/b16-13-. The molecule has 0 atom stereocenters. The van der Waals surface area contributed by atoms with Crippen molar-refractivity contribution in [2.45, 2.75) is 6.42 Å². The zero-order valence-electron chi connectivity index (χ0n) is 13.3. The van der Waals surface area contributed by atoms with Crippen LogP contribution in [-0.4, -0.2) is 27.9 Å². The first-order chi connectivity index (χ1) is 12.1. The predicted octanol–water partition coefficient (Wildman–Crippen LogP) is 3.64. The van der Waals surface area contributed by atoms with Crippen LogP contribution < -0.4 is 4.90 Å². The second-order valence-corrected chi connectivity index (χ2v) is 6.37. The Bertz CT molecular complexity index is 832. The van der Waals surface area contributed by atoms with Gasteiger partial charge in [-0.2, -0.15) is 0 Å². The van der Waals surface area contributed by atoms with E-state index in [4.69, 9.17) is 5.11 Å². The first-order valence-corrected chi connectivity index (χ1v) is 8.73. The number of carbonyl (C=O) groups is 2. The summed E-state index contributed by atoms with van der Waals surface area (Å²) >= 11 is 1.27. The zero-order valence-corrected chi connectivity index (χ0v) is 14.1. The summed E-state index contributed by atoms with van der Waals surface area (Å²) < 4.78 is 0. The van der Waals surface area contributed by atoms with Crippen LogP contribution in [0.5, 0.6) is 0 Å². The van der Waals surface area contributed by atoms with Crippen LogP contribution in [0.3, 0.4) is 0 Å². The Morgan fingerprint density at radius 3 is 2.36 bits per heavy atom. The van der Waals surface area contributed by atoms with Gasteiger partial charge in [0.05, 0.1) is 12.1 Å². The van der Waals surface area contributed by atoms with Crippen molar-refractivity contribution >= 4 is 40.6 Å². The zero-order chi connectivity index (χ0) is 17.6. The van der Waals surface area contributed by atoms with Gasteiger partial charge in [0.1, 0.15) is 5.70 Å². The highest BCUT2D eigenvalue weighted by molar-refractivity contribution is 8.14. The van der Waals surface area contributed by atoms with Gasteiger partial charge in [-0.1, -0.05) is 60.3 Å². The summed E-state index contributed by atoms with van der Waals surface area (Å²) in [5.74, 6) is -0.736. The first-order valence-electron chi connectivity index (χ1n) is 7.74. The third-order valence-corrected chi connectivity index (χ3v) is 4.43. The molecule has 0 aliphatic carbocycles. The molecule has 5 nitrogen and oxygen atoms in total. The van der Waals surface area contributed by atoms with Crippen molar-refractivity contribution in [1.29, 1.82) is 0 Å². The van der Waals surface area contributed by atoms with Crippen molar-refractivity contribution < 1.29 is 14.7 Å². The smallest absolute Gasteiger partial charge is 0.304 e. The van der Waals surface area contributed by atoms with Gasteiger partial charge in [-0.3, -0.25) is 14.5 Å². The van der Waals surface area contributed by atoms with Gasteiger partial charge in [-0.15, -0.1) is 0 Å². The van der Waals surface area contributed by atoms with E-state index in [0.29, 0.717) is 22.3 Å². The fraction of sp³-hybridized carbons (Fsp3) is 0.105. The van der Waals surface area contributed by atoms with E-state index in [0.717, 1.165) is 5.56 Å². The Kier molecular flexibility index (Phi) is 5.30. The highest BCUT2D eigenvalue weighted by atomic mass is 32.2. The molecule has 0 aromatic heterocycles. The van der Waals surface area contributed by atoms with Crippen molar-refractivity contribution in [1.82, 2.24) is 0 Å². The lowest BCUT2D eigenvalue weighted by Crippen LogP contribution is -2.30. The highest BCUT2D eigenvalue weighted by Crippen LogP contribution is 2.29. The maximum absolute atomic E-state index is 12.8. The Balaban J connectivity index is 1.91. The normalized spacial score (nSPS) is 15.5. The number of amidine groups is 1. The summed E-state index contributed by atoms with van der Waals surface area (Å²) in [5.41, 5.74) is 1.94. The summed E-state index contributed by atoms with van der Waals surface area (Å²) in [7, 11) is 0. The van der Waals surface area contributed by atoms with Gasteiger partial charge < -0.3 is 5.11 Å². The number of rotatable bonds is 5. The van der Waals surface area contributed by atoms with E-state index < -0.39 is 5.97 Å². The van der Waals surface area contributed by atoms with Crippen LogP contribution in [0.15, 0.2) is 71.4 Å². The summed E-state index contributed by atoms with van der Waals surface area (Å²) in [5, 5.41) is 9.32. The minimum Gasteiger partial charge on any atom is -0.481 e. The molecule has 25 heavy (non-hydrogen) atoms. The number of nitrogens with zero attached hydrogens (tertiary/aromatic N) is 2. The lowest BCUT2D eigenvalue weighted by Gasteiger charge is -2.17. The Morgan fingerprint density at radius 1 is 1.08 bits per heavy atom. The molecule has 0 bridgehead atoms. The van der Waals surface area contributed by atoms with Gasteiger partial charge in [0, 0.05) is 5.75 Å². The van der Waals surface area contributed by atoms with Gasteiger partial charge >= 0.3 is 5.97 Å². The Morgan fingerprint density at radius 2 is 1.72 bits per heavy atom. The third-order valence-electron chi connectivity index (χ3n) is 3.49. The summed E-state index contributed by atoms with van der Waals surface area (Å²) in [4.78, 5) is 29.6. The SMILES string of the molecule is O=C(O)CCSC1=N/C(=C\c2ccccc2)C(=O)N1c1ccccc1. The largest absolute Gasteiger partial charge is 0.481 e. The molecule has 1 N–H and O–H groups in total. The molecule has 0 saturated heterocycles. The van der Waals surface area contributed by atoms with Crippen molar-refractivity contribution in [3.63, 3.8) is 0 Å². The van der Waals surface area contributed by atoms with Gasteiger partial charge in [-0.05, 0) is 23.8 Å². The first kappa shape index (κ1) is 17.0. The van der Waals surface area contributed by atoms with E-state index in [-0.39, 0.29) is 12.3 Å². The molecule has 0 saturated carbocycles. The number of aliphatic imine (C=N–C) groups is 1. The van der Waals surface area contributed by atoms with E-state index in [9.17, 15) is 9.59 Å². The number of aliphatic carboxylic acids is 1. The highest BCUT2D eigenvalue weighted by Gasteiger charge is 2.31. The van der Waals surface area contributed by atoms with Crippen LogP contribution in [0.25, 0.3) is 6.08 Å². The molecule has 1 amide bonds. The van der Waals surface area contributed by atoms with Gasteiger partial charge in [0.2, 0.25) is 0 Å². The van der Waals surface area contributed by atoms with Gasteiger partial charge in [-0.25, -0.2) is 4.99 Å².